The molecule has 0 saturated carbocycles. The van der Waals surface area contributed by atoms with Crippen molar-refractivity contribution in [2.24, 2.45) is 4.99 Å². The molecule has 0 saturated heterocycles. The number of aliphatic imine (C=N–C) groups is 1. The number of benzene rings is 3. The maximum absolute atomic E-state index is 13.9. The zero-order valence-electron chi connectivity index (χ0n) is 19.0. The molecule has 0 aliphatic carbocycles. The predicted octanol–water partition coefficient (Wildman–Crippen LogP) is 5.50. The minimum Gasteiger partial charge on any atom is -0.445 e. The lowest BCUT2D eigenvalue weighted by atomic mass is 10.0. The Balaban J connectivity index is 1.54. The molecule has 2 amide bonds. The molecule has 0 fully saturated rings. The molecule has 1 aromatic heterocycles. The van der Waals surface area contributed by atoms with Crippen LogP contribution in [0.15, 0.2) is 108 Å². The van der Waals surface area contributed by atoms with Gasteiger partial charge in [0.25, 0.3) is 5.91 Å². The number of ether oxygens (including phenoxy) is 1. The summed E-state index contributed by atoms with van der Waals surface area (Å²) in [5.41, 5.74) is 3.49. The van der Waals surface area contributed by atoms with Gasteiger partial charge in [-0.15, -0.1) is 0 Å². The quantitative estimate of drug-likeness (QED) is 0.395. The average Bonchev–Trinajstić information content (AvgIpc) is 3.04. The first-order chi connectivity index (χ1) is 17.6. The van der Waals surface area contributed by atoms with Crippen LogP contribution >= 0.6 is 11.6 Å². The molecule has 1 atom stereocenters. The van der Waals surface area contributed by atoms with Gasteiger partial charge in [0.1, 0.15) is 12.4 Å². The number of pyridine rings is 1. The van der Waals surface area contributed by atoms with Gasteiger partial charge in [-0.25, -0.2) is 14.8 Å². The number of amides is 2. The minimum absolute atomic E-state index is 0.0610. The van der Waals surface area contributed by atoms with Crippen LogP contribution in [0, 0.1) is 0 Å². The fraction of sp³-hybridized carbons (Fsp3) is 0.0714. The maximum atomic E-state index is 13.9. The van der Waals surface area contributed by atoms with Crippen LogP contribution < -0.4 is 10.2 Å². The van der Waals surface area contributed by atoms with Gasteiger partial charge in [0.05, 0.1) is 16.4 Å². The van der Waals surface area contributed by atoms with Crippen LogP contribution in [0.4, 0.5) is 16.3 Å². The van der Waals surface area contributed by atoms with Crippen molar-refractivity contribution in [1.29, 1.82) is 0 Å². The lowest BCUT2D eigenvalue weighted by Gasteiger charge is -2.24. The average molecular weight is 497 g/mol. The van der Waals surface area contributed by atoms with Gasteiger partial charge < -0.3 is 4.74 Å². The molecule has 0 radical (unpaired) electrons. The second-order valence-corrected chi connectivity index (χ2v) is 8.41. The number of carbonyl (C=O) groups excluding carboxylic acids is 2. The van der Waals surface area contributed by atoms with Crippen molar-refractivity contribution in [3.8, 4) is 0 Å². The number of aromatic nitrogens is 1. The molecule has 8 heteroatoms. The number of nitrogens with one attached hydrogen (secondary N) is 1. The molecule has 1 N–H and O–H groups in total. The predicted molar refractivity (Wildman–Crippen MR) is 138 cm³/mol. The summed E-state index contributed by atoms with van der Waals surface area (Å²) < 4.78 is 5.37. The number of benzodiazepines with no additional fused rings is 1. The maximum Gasteiger partial charge on any atom is 0.409 e. The van der Waals surface area contributed by atoms with E-state index in [4.69, 9.17) is 21.3 Å². The van der Waals surface area contributed by atoms with Gasteiger partial charge in [-0.3, -0.25) is 15.0 Å². The van der Waals surface area contributed by atoms with Gasteiger partial charge in [-0.2, -0.15) is 0 Å². The Morgan fingerprint density at radius 2 is 1.61 bits per heavy atom. The van der Waals surface area contributed by atoms with Crippen molar-refractivity contribution in [2.45, 2.75) is 12.8 Å². The number of nitrogens with zero attached hydrogens (tertiary/aromatic N) is 3. The SMILES string of the molecule is O=C(N[C@H]1N=C(c2ccccc2)c2ccccc2N(c2ccc(Cl)cn2)C1=O)OCc1ccccc1. The first-order valence-electron chi connectivity index (χ1n) is 11.3. The fourth-order valence-electron chi connectivity index (χ4n) is 3.90. The second-order valence-electron chi connectivity index (χ2n) is 7.98. The van der Waals surface area contributed by atoms with E-state index in [0.29, 0.717) is 22.2 Å². The van der Waals surface area contributed by atoms with E-state index in [1.54, 1.807) is 12.1 Å². The minimum atomic E-state index is -1.26. The van der Waals surface area contributed by atoms with Gasteiger partial charge in [-0.1, -0.05) is 90.5 Å². The van der Waals surface area contributed by atoms with Crippen LogP contribution in [-0.2, 0) is 16.1 Å². The highest BCUT2D eigenvalue weighted by Crippen LogP contribution is 2.33. The first kappa shape index (κ1) is 23.3. The molecule has 2 heterocycles. The number of alkyl carbamates (subject to hydrolysis) is 1. The number of anilines is 2. The summed E-state index contributed by atoms with van der Waals surface area (Å²) in [6.07, 6.45) is -0.551. The molecule has 1 aliphatic heterocycles. The Morgan fingerprint density at radius 1 is 0.917 bits per heavy atom. The third-order valence-electron chi connectivity index (χ3n) is 5.57. The molecule has 3 aromatic carbocycles. The lowest BCUT2D eigenvalue weighted by molar-refractivity contribution is -0.119. The van der Waals surface area contributed by atoms with Crippen molar-refractivity contribution in [3.63, 3.8) is 0 Å². The highest BCUT2D eigenvalue weighted by Gasteiger charge is 2.34. The number of hydrogen-bond acceptors (Lipinski definition) is 5. The number of hydrogen-bond donors (Lipinski definition) is 1. The van der Waals surface area contributed by atoms with Crippen molar-refractivity contribution in [1.82, 2.24) is 10.3 Å². The molecule has 7 nitrogen and oxygen atoms in total. The third kappa shape index (κ3) is 4.96. The summed E-state index contributed by atoms with van der Waals surface area (Å²) in [6.45, 7) is 0.0610. The number of para-hydroxylation sites is 1. The molecule has 5 rings (SSSR count). The number of halogens is 1. The highest BCUT2D eigenvalue weighted by molar-refractivity contribution is 6.30. The standard InChI is InChI=1S/C28H21ClN4O3/c29-21-15-16-24(30-17-21)33-23-14-8-7-13-22(23)25(20-11-5-2-6-12-20)31-26(27(33)34)32-28(35)36-18-19-9-3-1-4-10-19/h1-17,26H,18H2,(H,32,35)/t26-/m1/s1. The molecule has 178 valence electrons. The zero-order chi connectivity index (χ0) is 24.9. The Morgan fingerprint density at radius 3 is 2.33 bits per heavy atom. The molecule has 4 aromatic rings. The molecule has 0 spiro atoms. The van der Waals surface area contributed by atoms with Crippen molar-refractivity contribution in [3.05, 3.63) is 125 Å². The summed E-state index contributed by atoms with van der Waals surface area (Å²) in [6, 6.07) is 29.5. The summed E-state index contributed by atoms with van der Waals surface area (Å²) in [5.74, 6) is -0.134. The van der Waals surface area contributed by atoms with E-state index >= 15 is 0 Å². The molecular weight excluding hydrogens is 476 g/mol. The third-order valence-corrected chi connectivity index (χ3v) is 5.79. The molecule has 36 heavy (non-hydrogen) atoms. The summed E-state index contributed by atoms with van der Waals surface area (Å²) >= 11 is 6.04. The molecule has 0 bridgehead atoms. The summed E-state index contributed by atoms with van der Waals surface area (Å²) in [4.78, 5) is 37.1. The van der Waals surface area contributed by atoms with Gasteiger partial charge in [0.15, 0.2) is 0 Å². The first-order valence-corrected chi connectivity index (χ1v) is 11.6. The Bertz CT molecular complexity index is 1410. The van der Waals surface area contributed by atoms with Crippen LogP contribution in [0.1, 0.15) is 16.7 Å². The van der Waals surface area contributed by atoms with E-state index < -0.39 is 18.2 Å². The topological polar surface area (TPSA) is 83.9 Å². The van der Waals surface area contributed by atoms with Crippen LogP contribution in [-0.4, -0.2) is 28.9 Å². The summed E-state index contributed by atoms with van der Waals surface area (Å²) in [5, 5.41) is 3.07. The van der Waals surface area contributed by atoms with Crippen LogP contribution in [0.25, 0.3) is 0 Å². The zero-order valence-corrected chi connectivity index (χ0v) is 19.8. The van der Waals surface area contributed by atoms with E-state index in [0.717, 1.165) is 16.7 Å². The van der Waals surface area contributed by atoms with Gasteiger partial charge in [0.2, 0.25) is 6.17 Å². The van der Waals surface area contributed by atoms with Crippen LogP contribution in [0.3, 0.4) is 0 Å². The van der Waals surface area contributed by atoms with Crippen molar-refractivity contribution in [2.75, 3.05) is 4.90 Å². The molecule has 0 unspecified atom stereocenters. The van der Waals surface area contributed by atoms with Crippen LogP contribution in [0.2, 0.25) is 5.02 Å². The molecular formula is C28H21ClN4O3. The van der Waals surface area contributed by atoms with E-state index in [2.05, 4.69) is 10.3 Å². The largest absolute Gasteiger partial charge is 0.445 e. The van der Waals surface area contributed by atoms with Crippen molar-refractivity contribution >= 4 is 40.8 Å². The monoisotopic (exact) mass is 496 g/mol. The van der Waals surface area contributed by atoms with E-state index in [9.17, 15) is 9.59 Å². The highest BCUT2D eigenvalue weighted by atomic mass is 35.5. The van der Waals surface area contributed by atoms with E-state index in [-0.39, 0.29) is 6.61 Å². The molecule has 1 aliphatic rings. The van der Waals surface area contributed by atoms with Gasteiger partial charge >= 0.3 is 6.09 Å². The second kappa shape index (κ2) is 10.4. The fourth-order valence-corrected chi connectivity index (χ4v) is 4.01. The van der Waals surface area contributed by atoms with Gasteiger partial charge in [0, 0.05) is 17.3 Å². The number of carbonyl (C=O) groups is 2. The number of fused-ring (bicyclic) bond motifs is 1. The van der Waals surface area contributed by atoms with E-state index in [1.807, 2.05) is 84.9 Å². The smallest absolute Gasteiger partial charge is 0.409 e. The Labute approximate surface area is 213 Å². The lowest BCUT2D eigenvalue weighted by Crippen LogP contribution is -2.46. The Hall–Kier alpha value is -4.49. The van der Waals surface area contributed by atoms with Gasteiger partial charge in [-0.05, 0) is 23.8 Å². The van der Waals surface area contributed by atoms with E-state index in [1.165, 1.54) is 11.1 Å². The van der Waals surface area contributed by atoms with Crippen LogP contribution in [0.5, 0.6) is 0 Å². The Kier molecular flexibility index (Phi) is 6.73. The summed E-state index contributed by atoms with van der Waals surface area (Å²) in [7, 11) is 0. The number of rotatable bonds is 5. The normalized spacial score (nSPS) is 14.9. The van der Waals surface area contributed by atoms with Crippen molar-refractivity contribution < 1.29 is 14.3 Å².